The Hall–Kier alpha value is -1.80. The lowest BCUT2D eigenvalue weighted by Crippen LogP contribution is -1.93. The first-order valence-corrected chi connectivity index (χ1v) is 7.03. The third kappa shape index (κ3) is 1.83. The van der Waals surface area contributed by atoms with Crippen molar-refractivity contribution >= 4 is 43.4 Å². The second kappa shape index (κ2) is 4.71. The van der Waals surface area contributed by atoms with Gasteiger partial charge in [-0.15, -0.1) is 0 Å². The minimum atomic E-state index is 1.10. The summed E-state index contributed by atoms with van der Waals surface area (Å²) in [6.07, 6.45) is 3.98. The quantitative estimate of drug-likeness (QED) is 0.542. The Kier molecular flexibility index (Phi) is 3.03. The SMILES string of the molecule is C=C/C(=C\C)n1c2ccccc2c2cc(Br)ccc21. The van der Waals surface area contributed by atoms with E-state index in [1.165, 1.54) is 21.8 Å². The zero-order chi connectivity index (χ0) is 13.4. The lowest BCUT2D eigenvalue weighted by Gasteiger charge is -2.07. The van der Waals surface area contributed by atoms with Gasteiger partial charge in [-0.2, -0.15) is 0 Å². The molecule has 3 rings (SSSR count). The number of halogens is 1. The van der Waals surface area contributed by atoms with E-state index in [9.17, 15) is 0 Å². The summed E-state index contributed by atoms with van der Waals surface area (Å²) in [5, 5.41) is 2.52. The van der Waals surface area contributed by atoms with Gasteiger partial charge in [0.05, 0.1) is 11.0 Å². The van der Waals surface area contributed by atoms with Crippen molar-refractivity contribution in [2.24, 2.45) is 0 Å². The minimum Gasteiger partial charge on any atom is -0.310 e. The highest BCUT2D eigenvalue weighted by atomic mass is 79.9. The van der Waals surface area contributed by atoms with Crippen molar-refractivity contribution in [3.63, 3.8) is 0 Å². The summed E-state index contributed by atoms with van der Waals surface area (Å²) in [6.45, 7) is 5.96. The van der Waals surface area contributed by atoms with Crippen LogP contribution < -0.4 is 0 Å². The fraction of sp³-hybridized carbons (Fsp3) is 0.0588. The maximum Gasteiger partial charge on any atom is 0.0541 e. The monoisotopic (exact) mass is 311 g/mol. The van der Waals surface area contributed by atoms with Crippen LogP contribution in [0.4, 0.5) is 0 Å². The Balaban J connectivity index is 2.56. The van der Waals surface area contributed by atoms with Crippen LogP contribution in [0.2, 0.25) is 0 Å². The largest absolute Gasteiger partial charge is 0.310 e. The summed E-state index contributed by atoms with van der Waals surface area (Å²) in [5.74, 6) is 0. The third-order valence-electron chi connectivity index (χ3n) is 3.40. The summed E-state index contributed by atoms with van der Waals surface area (Å²) in [6, 6.07) is 14.9. The van der Waals surface area contributed by atoms with Gasteiger partial charge >= 0.3 is 0 Å². The van der Waals surface area contributed by atoms with Crippen LogP contribution in [-0.4, -0.2) is 4.57 Å². The van der Waals surface area contributed by atoms with Gasteiger partial charge in [-0.05, 0) is 37.3 Å². The summed E-state index contributed by atoms with van der Waals surface area (Å²) < 4.78 is 3.35. The molecule has 3 aromatic rings. The number of allylic oxidation sites excluding steroid dienone is 3. The zero-order valence-corrected chi connectivity index (χ0v) is 12.3. The van der Waals surface area contributed by atoms with Crippen LogP contribution in [-0.2, 0) is 0 Å². The lowest BCUT2D eigenvalue weighted by atomic mass is 10.2. The molecule has 2 heteroatoms. The van der Waals surface area contributed by atoms with Crippen LogP contribution in [0.15, 0.2) is 65.7 Å². The average molecular weight is 312 g/mol. The molecule has 0 unspecified atom stereocenters. The highest BCUT2D eigenvalue weighted by molar-refractivity contribution is 9.10. The Morgan fingerprint density at radius 2 is 1.84 bits per heavy atom. The van der Waals surface area contributed by atoms with Crippen molar-refractivity contribution in [3.05, 3.63) is 65.7 Å². The van der Waals surface area contributed by atoms with Crippen molar-refractivity contribution in [2.45, 2.75) is 6.92 Å². The molecule has 0 fully saturated rings. The number of aromatic nitrogens is 1. The number of fused-ring (bicyclic) bond motifs is 3. The second-order valence-corrected chi connectivity index (χ2v) is 5.35. The number of nitrogens with zero attached hydrogens (tertiary/aromatic N) is 1. The van der Waals surface area contributed by atoms with Gasteiger partial charge in [-0.1, -0.05) is 46.8 Å². The van der Waals surface area contributed by atoms with Crippen molar-refractivity contribution < 1.29 is 0 Å². The van der Waals surface area contributed by atoms with Gasteiger partial charge in [0.1, 0.15) is 0 Å². The van der Waals surface area contributed by atoms with Crippen molar-refractivity contribution in [1.29, 1.82) is 0 Å². The van der Waals surface area contributed by atoms with Crippen LogP contribution in [0, 0.1) is 0 Å². The fourth-order valence-corrected chi connectivity index (χ4v) is 2.92. The normalized spacial score (nSPS) is 12.2. The van der Waals surface area contributed by atoms with Crippen molar-refractivity contribution in [3.8, 4) is 0 Å². The van der Waals surface area contributed by atoms with E-state index in [1.54, 1.807) is 0 Å². The molecule has 0 bridgehead atoms. The summed E-state index contributed by atoms with van der Waals surface area (Å²) in [7, 11) is 0. The topological polar surface area (TPSA) is 4.93 Å². The Morgan fingerprint density at radius 3 is 2.58 bits per heavy atom. The highest BCUT2D eigenvalue weighted by Gasteiger charge is 2.11. The lowest BCUT2D eigenvalue weighted by molar-refractivity contribution is 1.23. The predicted molar refractivity (Wildman–Crippen MR) is 87.3 cm³/mol. The van der Waals surface area contributed by atoms with E-state index in [-0.39, 0.29) is 0 Å². The molecule has 2 aromatic carbocycles. The van der Waals surface area contributed by atoms with Crippen LogP contribution in [0.3, 0.4) is 0 Å². The molecule has 0 amide bonds. The number of benzene rings is 2. The molecule has 0 N–H and O–H groups in total. The maximum absolute atomic E-state index is 3.92. The number of hydrogen-bond acceptors (Lipinski definition) is 0. The fourth-order valence-electron chi connectivity index (χ4n) is 2.56. The van der Waals surface area contributed by atoms with E-state index in [0.717, 1.165) is 10.2 Å². The third-order valence-corrected chi connectivity index (χ3v) is 3.89. The Labute approximate surface area is 121 Å². The van der Waals surface area contributed by atoms with E-state index >= 15 is 0 Å². The highest BCUT2D eigenvalue weighted by Crippen LogP contribution is 2.33. The van der Waals surface area contributed by atoms with Crippen LogP contribution >= 0.6 is 15.9 Å². The van der Waals surface area contributed by atoms with Crippen LogP contribution in [0.1, 0.15) is 6.92 Å². The molecule has 1 aromatic heterocycles. The molecule has 0 saturated carbocycles. The number of para-hydroxylation sites is 1. The van der Waals surface area contributed by atoms with Gasteiger partial charge in [-0.3, -0.25) is 0 Å². The molecular formula is C17H14BrN. The Bertz CT molecular complexity index is 809. The molecule has 1 nitrogen and oxygen atoms in total. The van der Waals surface area contributed by atoms with Crippen molar-refractivity contribution in [2.75, 3.05) is 0 Å². The first kappa shape index (κ1) is 12.2. The second-order valence-electron chi connectivity index (χ2n) is 4.43. The molecule has 94 valence electrons. The number of rotatable bonds is 2. The van der Waals surface area contributed by atoms with Gasteiger partial charge in [0.15, 0.2) is 0 Å². The molecule has 0 aliphatic carbocycles. The standard InChI is InChI=1S/C17H14BrN/c1-3-13(4-2)19-16-8-6-5-7-14(16)15-11-12(18)9-10-17(15)19/h3-11H,1H2,2H3/b13-4+. The van der Waals surface area contributed by atoms with Gasteiger partial charge in [0.25, 0.3) is 0 Å². The molecule has 0 saturated heterocycles. The van der Waals surface area contributed by atoms with E-state index in [2.05, 4.69) is 75.6 Å². The summed E-state index contributed by atoms with van der Waals surface area (Å²) in [5.41, 5.74) is 3.52. The molecule has 0 radical (unpaired) electrons. The van der Waals surface area contributed by atoms with Gasteiger partial charge in [-0.25, -0.2) is 0 Å². The van der Waals surface area contributed by atoms with Gasteiger partial charge in [0, 0.05) is 20.9 Å². The maximum atomic E-state index is 3.92. The van der Waals surface area contributed by atoms with E-state index in [4.69, 9.17) is 0 Å². The molecule has 19 heavy (non-hydrogen) atoms. The zero-order valence-electron chi connectivity index (χ0n) is 10.7. The summed E-state index contributed by atoms with van der Waals surface area (Å²) in [4.78, 5) is 0. The molecule has 0 aliphatic heterocycles. The van der Waals surface area contributed by atoms with E-state index in [1.807, 2.05) is 13.0 Å². The smallest absolute Gasteiger partial charge is 0.0541 e. The van der Waals surface area contributed by atoms with Crippen molar-refractivity contribution in [1.82, 2.24) is 4.57 Å². The average Bonchev–Trinajstić information content (AvgIpc) is 2.75. The van der Waals surface area contributed by atoms with E-state index < -0.39 is 0 Å². The van der Waals surface area contributed by atoms with Gasteiger partial charge < -0.3 is 4.57 Å². The van der Waals surface area contributed by atoms with E-state index in [0.29, 0.717) is 0 Å². The van der Waals surface area contributed by atoms with Crippen LogP contribution in [0.25, 0.3) is 27.5 Å². The Morgan fingerprint density at radius 1 is 1.11 bits per heavy atom. The minimum absolute atomic E-state index is 1.10. The molecule has 0 aliphatic rings. The molecule has 0 atom stereocenters. The molecule has 0 spiro atoms. The first-order chi connectivity index (χ1) is 9.26. The van der Waals surface area contributed by atoms with Crippen LogP contribution in [0.5, 0.6) is 0 Å². The summed E-state index contributed by atoms with van der Waals surface area (Å²) >= 11 is 3.55. The number of hydrogen-bond donors (Lipinski definition) is 0. The molecular weight excluding hydrogens is 298 g/mol. The first-order valence-electron chi connectivity index (χ1n) is 6.24. The van der Waals surface area contributed by atoms with Gasteiger partial charge in [0.2, 0.25) is 0 Å². The predicted octanol–water partition coefficient (Wildman–Crippen LogP) is 5.60. The molecule has 1 heterocycles.